The molecule has 1 atom stereocenters. The number of nitrogens with zero attached hydrogens (tertiary/aromatic N) is 3. The molecule has 1 N–H and O–H groups in total. The van der Waals surface area contributed by atoms with Crippen LogP contribution in [0.4, 0.5) is 0 Å². The standard InChI is InChI=1S/C14H20N4/c1-4-18-14(10-16-17-18)13(15-3)9-12-8-6-5-7-11(12)2/h5-8,10,13,15H,4,9H2,1-3H3. The van der Waals surface area contributed by atoms with Crippen LogP contribution in [0.15, 0.2) is 30.5 Å². The Morgan fingerprint density at radius 1 is 1.33 bits per heavy atom. The lowest BCUT2D eigenvalue weighted by atomic mass is 9.99. The minimum atomic E-state index is 0.251. The van der Waals surface area contributed by atoms with E-state index in [1.54, 1.807) is 0 Å². The second-order valence-corrected chi connectivity index (χ2v) is 4.45. The summed E-state index contributed by atoms with van der Waals surface area (Å²) in [7, 11) is 1.98. The van der Waals surface area contributed by atoms with Crippen LogP contribution in [-0.2, 0) is 13.0 Å². The van der Waals surface area contributed by atoms with Crippen LogP contribution < -0.4 is 5.32 Å². The molecule has 0 spiro atoms. The Morgan fingerprint density at radius 3 is 2.78 bits per heavy atom. The number of nitrogens with one attached hydrogen (secondary N) is 1. The highest BCUT2D eigenvalue weighted by molar-refractivity contribution is 5.27. The molecule has 18 heavy (non-hydrogen) atoms. The number of rotatable bonds is 5. The van der Waals surface area contributed by atoms with Crippen molar-refractivity contribution >= 4 is 0 Å². The molecular formula is C14H20N4. The van der Waals surface area contributed by atoms with Crippen LogP contribution in [0.3, 0.4) is 0 Å². The first kappa shape index (κ1) is 12.8. The SMILES string of the molecule is CCn1nncc1C(Cc1ccccc1C)NC. The molecule has 0 fully saturated rings. The van der Waals surface area contributed by atoms with Gasteiger partial charge in [-0.15, -0.1) is 5.10 Å². The average molecular weight is 244 g/mol. The lowest BCUT2D eigenvalue weighted by Gasteiger charge is -2.17. The van der Waals surface area contributed by atoms with Gasteiger partial charge in [-0.1, -0.05) is 29.5 Å². The number of benzene rings is 1. The van der Waals surface area contributed by atoms with E-state index in [2.05, 4.69) is 53.7 Å². The third-order valence-corrected chi connectivity index (χ3v) is 3.34. The van der Waals surface area contributed by atoms with Gasteiger partial charge in [0.05, 0.1) is 17.9 Å². The van der Waals surface area contributed by atoms with Gasteiger partial charge in [0, 0.05) is 6.54 Å². The van der Waals surface area contributed by atoms with Crippen molar-refractivity contribution in [1.82, 2.24) is 20.3 Å². The fourth-order valence-corrected chi connectivity index (χ4v) is 2.19. The fourth-order valence-electron chi connectivity index (χ4n) is 2.19. The van der Waals surface area contributed by atoms with Gasteiger partial charge < -0.3 is 5.32 Å². The Morgan fingerprint density at radius 2 is 2.11 bits per heavy atom. The van der Waals surface area contributed by atoms with Crippen LogP contribution in [0.2, 0.25) is 0 Å². The molecule has 2 rings (SSSR count). The minimum Gasteiger partial charge on any atom is -0.311 e. The van der Waals surface area contributed by atoms with E-state index < -0.39 is 0 Å². The largest absolute Gasteiger partial charge is 0.311 e. The zero-order valence-electron chi connectivity index (χ0n) is 11.2. The number of likely N-dealkylation sites (N-methyl/N-ethyl adjacent to an activating group) is 1. The maximum absolute atomic E-state index is 4.09. The summed E-state index contributed by atoms with van der Waals surface area (Å²) in [5.74, 6) is 0. The van der Waals surface area contributed by atoms with Gasteiger partial charge in [0.15, 0.2) is 0 Å². The third-order valence-electron chi connectivity index (χ3n) is 3.34. The molecule has 1 unspecified atom stereocenters. The summed E-state index contributed by atoms with van der Waals surface area (Å²) in [5.41, 5.74) is 3.83. The van der Waals surface area contributed by atoms with Crippen molar-refractivity contribution in [3.8, 4) is 0 Å². The number of hydrogen-bond donors (Lipinski definition) is 1. The molecule has 0 saturated heterocycles. The van der Waals surface area contributed by atoms with Gasteiger partial charge >= 0.3 is 0 Å². The molecule has 2 aromatic rings. The molecule has 4 nitrogen and oxygen atoms in total. The second kappa shape index (κ2) is 5.78. The van der Waals surface area contributed by atoms with Gasteiger partial charge in [0.25, 0.3) is 0 Å². The van der Waals surface area contributed by atoms with Crippen molar-refractivity contribution < 1.29 is 0 Å². The van der Waals surface area contributed by atoms with Crippen LogP contribution in [-0.4, -0.2) is 22.0 Å². The molecule has 1 aromatic carbocycles. The Kier molecular flexibility index (Phi) is 4.10. The molecule has 0 aliphatic rings. The second-order valence-electron chi connectivity index (χ2n) is 4.45. The highest BCUT2D eigenvalue weighted by Crippen LogP contribution is 2.19. The monoisotopic (exact) mass is 244 g/mol. The maximum atomic E-state index is 4.09. The van der Waals surface area contributed by atoms with Gasteiger partial charge in [-0.3, -0.25) is 0 Å². The summed E-state index contributed by atoms with van der Waals surface area (Å²) in [6.07, 6.45) is 2.81. The normalized spacial score (nSPS) is 12.6. The zero-order chi connectivity index (χ0) is 13.0. The molecule has 0 aliphatic heterocycles. The number of hydrogen-bond acceptors (Lipinski definition) is 3. The van der Waals surface area contributed by atoms with E-state index in [0.29, 0.717) is 0 Å². The molecule has 0 aliphatic carbocycles. The minimum absolute atomic E-state index is 0.251. The number of aryl methyl sites for hydroxylation is 2. The van der Waals surface area contributed by atoms with Crippen molar-refractivity contribution in [2.75, 3.05) is 7.05 Å². The van der Waals surface area contributed by atoms with Crippen LogP contribution in [0.25, 0.3) is 0 Å². The van der Waals surface area contributed by atoms with E-state index in [1.807, 2.05) is 17.9 Å². The van der Waals surface area contributed by atoms with E-state index in [1.165, 1.54) is 11.1 Å². The van der Waals surface area contributed by atoms with E-state index >= 15 is 0 Å². The fraction of sp³-hybridized carbons (Fsp3) is 0.429. The molecule has 0 radical (unpaired) electrons. The third kappa shape index (κ3) is 2.59. The molecule has 0 bridgehead atoms. The van der Waals surface area contributed by atoms with Crippen LogP contribution in [0.1, 0.15) is 29.8 Å². The Balaban J connectivity index is 2.23. The summed E-state index contributed by atoms with van der Waals surface area (Å²) in [5, 5.41) is 11.4. The summed E-state index contributed by atoms with van der Waals surface area (Å²) < 4.78 is 1.94. The zero-order valence-corrected chi connectivity index (χ0v) is 11.2. The Hall–Kier alpha value is -1.68. The van der Waals surface area contributed by atoms with Crippen molar-refractivity contribution in [3.63, 3.8) is 0 Å². The molecule has 1 aromatic heterocycles. The molecular weight excluding hydrogens is 224 g/mol. The predicted molar refractivity (Wildman–Crippen MR) is 72.4 cm³/mol. The van der Waals surface area contributed by atoms with Gasteiger partial charge in [-0.25, -0.2) is 4.68 Å². The first-order chi connectivity index (χ1) is 8.76. The lowest BCUT2D eigenvalue weighted by Crippen LogP contribution is -2.22. The van der Waals surface area contributed by atoms with Crippen molar-refractivity contribution in [1.29, 1.82) is 0 Å². The summed E-state index contributed by atoms with van der Waals surface area (Å²) in [6.45, 7) is 5.08. The smallest absolute Gasteiger partial charge is 0.0759 e. The van der Waals surface area contributed by atoms with E-state index in [0.717, 1.165) is 18.7 Å². The molecule has 1 heterocycles. The van der Waals surface area contributed by atoms with Crippen molar-refractivity contribution in [3.05, 3.63) is 47.3 Å². The molecule has 0 amide bonds. The van der Waals surface area contributed by atoms with E-state index in [9.17, 15) is 0 Å². The van der Waals surface area contributed by atoms with Gasteiger partial charge in [-0.2, -0.15) is 0 Å². The van der Waals surface area contributed by atoms with Crippen LogP contribution >= 0.6 is 0 Å². The van der Waals surface area contributed by atoms with Gasteiger partial charge in [0.2, 0.25) is 0 Å². The van der Waals surface area contributed by atoms with E-state index in [4.69, 9.17) is 0 Å². The highest BCUT2D eigenvalue weighted by atomic mass is 15.4. The van der Waals surface area contributed by atoms with Gasteiger partial charge in [0.1, 0.15) is 0 Å². The van der Waals surface area contributed by atoms with Crippen LogP contribution in [0, 0.1) is 6.92 Å². The lowest BCUT2D eigenvalue weighted by molar-refractivity contribution is 0.508. The Labute approximate surface area is 108 Å². The molecule has 96 valence electrons. The summed E-state index contributed by atoms with van der Waals surface area (Å²) in [4.78, 5) is 0. The first-order valence-corrected chi connectivity index (χ1v) is 6.36. The summed E-state index contributed by atoms with van der Waals surface area (Å²) >= 11 is 0. The summed E-state index contributed by atoms with van der Waals surface area (Å²) in [6, 6.07) is 8.74. The molecule has 4 heteroatoms. The topological polar surface area (TPSA) is 42.7 Å². The maximum Gasteiger partial charge on any atom is 0.0759 e. The average Bonchev–Trinajstić information content (AvgIpc) is 2.86. The van der Waals surface area contributed by atoms with E-state index in [-0.39, 0.29) is 6.04 Å². The first-order valence-electron chi connectivity index (χ1n) is 6.36. The highest BCUT2D eigenvalue weighted by Gasteiger charge is 2.15. The van der Waals surface area contributed by atoms with Crippen molar-refractivity contribution in [2.24, 2.45) is 0 Å². The Bertz CT molecular complexity index is 504. The van der Waals surface area contributed by atoms with Crippen LogP contribution in [0.5, 0.6) is 0 Å². The molecule has 0 saturated carbocycles. The van der Waals surface area contributed by atoms with Gasteiger partial charge in [-0.05, 0) is 38.4 Å². The predicted octanol–water partition coefficient (Wildman–Crippen LogP) is 2.11. The number of aromatic nitrogens is 3. The quantitative estimate of drug-likeness (QED) is 0.876. The van der Waals surface area contributed by atoms with Crippen molar-refractivity contribution in [2.45, 2.75) is 32.9 Å².